The van der Waals surface area contributed by atoms with Crippen LogP contribution in [0.1, 0.15) is 0 Å². The van der Waals surface area contributed by atoms with Gasteiger partial charge in [0.25, 0.3) is 0 Å². The molecule has 0 radical (unpaired) electrons. The van der Waals surface area contributed by atoms with Crippen molar-refractivity contribution in [3.63, 3.8) is 0 Å². The smallest absolute Gasteiger partial charge is 0.0548 e. The predicted octanol–water partition coefficient (Wildman–Crippen LogP) is 15.4. The van der Waals surface area contributed by atoms with Crippen molar-refractivity contribution >= 4 is 92.2 Å². The highest BCUT2D eigenvalue weighted by molar-refractivity contribution is 7.26. The lowest BCUT2D eigenvalue weighted by molar-refractivity contribution is 1.17. The SMILES string of the molecule is c1ccc(N(c2ccccc2)c2ccc3c(c2)c2c4c5ccccc5n(-c5ccc(-c6cccc7c6sc6ccccc67)cc5)c4ccc2n3-c2ccccc2)cc1. The number of hydrogen-bond acceptors (Lipinski definition) is 2. The van der Waals surface area contributed by atoms with E-state index < -0.39 is 0 Å². The number of aromatic nitrogens is 2. The molecule has 0 saturated carbocycles. The predicted molar refractivity (Wildman–Crippen MR) is 248 cm³/mol. The Morgan fingerprint density at radius 1 is 0.345 bits per heavy atom. The summed E-state index contributed by atoms with van der Waals surface area (Å²) in [6.07, 6.45) is 0. The molecule has 9 aromatic carbocycles. The first-order valence-corrected chi connectivity index (χ1v) is 20.6. The van der Waals surface area contributed by atoms with Gasteiger partial charge in [0.2, 0.25) is 0 Å². The number of benzene rings is 9. The lowest BCUT2D eigenvalue weighted by Crippen LogP contribution is -2.09. The second kappa shape index (κ2) is 13.1. The number of fused-ring (bicyclic) bond motifs is 10. The lowest BCUT2D eigenvalue weighted by Gasteiger charge is -2.25. The molecule has 0 bridgehead atoms. The molecule has 0 unspecified atom stereocenters. The molecule has 0 fully saturated rings. The van der Waals surface area contributed by atoms with Crippen LogP contribution < -0.4 is 4.90 Å². The van der Waals surface area contributed by atoms with Crippen molar-refractivity contribution in [2.24, 2.45) is 0 Å². The highest BCUT2D eigenvalue weighted by Gasteiger charge is 2.22. The van der Waals surface area contributed by atoms with E-state index in [2.05, 4.69) is 226 Å². The van der Waals surface area contributed by atoms with Crippen LogP contribution in [0.5, 0.6) is 0 Å². The minimum atomic E-state index is 1.11. The van der Waals surface area contributed by atoms with Crippen LogP contribution in [0.4, 0.5) is 17.1 Å². The van der Waals surface area contributed by atoms with Gasteiger partial charge in [0.1, 0.15) is 0 Å². The Hall–Kier alpha value is -7.40. The van der Waals surface area contributed by atoms with Crippen molar-refractivity contribution in [2.45, 2.75) is 0 Å². The van der Waals surface area contributed by atoms with E-state index in [0.717, 1.165) is 28.4 Å². The van der Waals surface area contributed by atoms with Gasteiger partial charge in [-0.2, -0.15) is 0 Å². The van der Waals surface area contributed by atoms with Crippen molar-refractivity contribution in [3.8, 4) is 22.5 Å². The van der Waals surface area contributed by atoms with Gasteiger partial charge < -0.3 is 14.0 Å². The van der Waals surface area contributed by atoms with Gasteiger partial charge in [0, 0.05) is 70.2 Å². The number of hydrogen-bond donors (Lipinski definition) is 0. The minimum absolute atomic E-state index is 1.11. The van der Waals surface area contributed by atoms with E-state index in [1.165, 1.54) is 74.9 Å². The zero-order chi connectivity index (χ0) is 38.2. The molecule has 58 heavy (non-hydrogen) atoms. The third kappa shape index (κ3) is 4.99. The average Bonchev–Trinajstić information content (AvgIpc) is 3.95. The molecule has 0 aliphatic heterocycles. The average molecular weight is 758 g/mol. The van der Waals surface area contributed by atoms with Crippen LogP contribution in [-0.4, -0.2) is 9.13 Å². The lowest BCUT2D eigenvalue weighted by atomic mass is 10.0. The summed E-state index contributed by atoms with van der Waals surface area (Å²) < 4.78 is 7.54. The van der Waals surface area contributed by atoms with Gasteiger partial charge in [-0.3, -0.25) is 0 Å². The third-order valence-corrected chi connectivity index (χ3v) is 12.9. The Labute approximate surface area is 339 Å². The standard InChI is InChI=1S/C54H35N3S/c1-4-15-37(16-5-1)55(38-17-6-2-7-18-38)41-31-32-48-46(35-41)53-50(56(48)39-19-8-3-9-20-39)34-33-49-52(53)45-22-10-12-25-47(45)57(49)40-29-27-36(28-30-40)42-23-14-24-44-43-21-11-13-26-51(43)58-54(42)44/h1-35H. The van der Waals surface area contributed by atoms with E-state index in [1.807, 2.05) is 11.3 Å². The largest absolute Gasteiger partial charge is 0.310 e. The van der Waals surface area contributed by atoms with E-state index in [9.17, 15) is 0 Å². The maximum Gasteiger partial charge on any atom is 0.0548 e. The van der Waals surface area contributed by atoms with E-state index in [-0.39, 0.29) is 0 Å². The molecule has 0 aliphatic carbocycles. The monoisotopic (exact) mass is 757 g/mol. The molecule has 3 heterocycles. The van der Waals surface area contributed by atoms with Crippen LogP contribution >= 0.6 is 11.3 Å². The summed E-state index contributed by atoms with van der Waals surface area (Å²) in [6, 6.07) is 77.2. The summed E-state index contributed by atoms with van der Waals surface area (Å²) in [6.45, 7) is 0. The summed E-state index contributed by atoms with van der Waals surface area (Å²) in [5.41, 5.74) is 12.9. The molecule has 3 aromatic heterocycles. The highest BCUT2D eigenvalue weighted by Crippen LogP contribution is 2.45. The molecule has 12 aromatic rings. The fourth-order valence-corrected chi connectivity index (χ4v) is 10.4. The Bertz CT molecular complexity index is 3450. The molecule has 0 atom stereocenters. The second-order valence-electron chi connectivity index (χ2n) is 14.9. The van der Waals surface area contributed by atoms with Crippen LogP contribution in [0.25, 0.3) is 86.3 Å². The number of anilines is 3. The molecule has 3 nitrogen and oxygen atoms in total. The molecule has 0 N–H and O–H groups in total. The molecule has 0 aliphatic rings. The maximum atomic E-state index is 2.45. The second-order valence-corrected chi connectivity index (χ2v) is 16.0. The minimum Gasteiger partial charge on any atom is -0.310 e. The maximum absolute atomic E-state index is 2.45. The Morgan fingerprint density at radius 3 is 1.59 bits per heavy atom. The Morgan fingerprint density at radius 2 is 0.879 bits per heavy atom. The fourth-order valence-electron chi connectivity index (χ4n) is 9.20. The molecule has 0 saturated heterocycles. The van der Waals surface area contributed by atoms with Crippen molar-refractivity contribution in [1.29, 1.82) is 0 Å². The molecule has 0 amide bonds. The number of nitrogens with zero attached hydrogens (tertiary/aromatic N) is 3. The van der Waals surface area contributed by atoms with Crippen LogP contribution in [-0.2, 0) is 0 Å². The molecule has 0 spiro atoms. The van der Waals surface area contributed by atoms with Gasteiger partial charge in [-0.25, -0.2) is 0 Å². The highest BCUT2D eigenvalue weighted by atomic mass is 32.1. The number of rotatable bonds is 6. The van der Waals surface area contributed by atoms with Crippen LogP contribution in [0.2, 0.25) is 0 Å². The Balaban J connectivity index is 1.10. The van der Waals surface area contributed by atoms with Crippen molar-refractivity contribution in [1.82, 2.24) is 9.13 Å². The van der Waals surface area contributed by atoms with Crippen molar-refractivity contribution in [3.05, 3.63) is 212 Å². The molecule has 272 valence electrons. The van der Waals surface area contributed by atoms with Gasteiger partial charge in [-0.15, -0.1) is 11.3 Å². The molecule has 12 rings (SSSR count). The molecular weight excluding hydrogens is 723 g/mol. The van der Waals surface area contributed by atoms with Gasteiger partial charge in [0.05, 0.1) is 22.1 Å². The molecule has 4 heteroatoms. The van der Waals surface area contributed by atoms with Gasteiger partial charge in [0.15, 0.2) is 0 Å². The van der Waals surface area contributed by atoms with Crippen LogP contribution in [0.15, 0.2) is 212 Å². The fraction of sp³-hybridized carbons (Fsp3) is 0. The zero-order valence-electron chi connectivity index (χ0n) is 31.5. The normalized spacial score (nSPS) is 11.8. The summed E-state index contributed by atoms with van der Waals surface area (Å²) in [5, 5.41) is 7.61. The first-order valence-electron chi connectivity index (χ1n) is 19.8. The van der Waals surface area contributed by atoms with Crippen LogP contribution in [0, 0.1) is 0 Å². The Kier molecular flexibility index (Phi) is 7.40. The summed E-state index contributed by atoms with van der Waals surface area (Å²) in [7, 11) is 0. The van der Waals surface area contributed by atoms with E-state index in [1.54, 1.807) is 0 Å². The summed E-state index contributed by atoms with van der Waals surface area (Å²) in [5.74, 6) is 0. The van der Waals surface area contributed by atoms with E-state index in [0.29, 0.717) is 0 Å². The van der Waals surface area contributed by atoms with Gasteiger partial charge >= 0.3 is 0 Å². The topological polar surface area (TPSA) is 13.1 Å². The van der Waals surface area contributed by atoms with Gasteiger partial charge in [-0.1, -0.05) is 121 Å². The quantitative estimate of drug-likeness (QED) is 0.165. The zero-order valence-corrected chi connectivity index (χ0v) is 32.3. The first-order chi connectivity index (χ1) is 28.8. The van der Waals surface area contributed by atoms with Crippen LogP contribution in [0.3, 0.4) is 0 Å². The first kappa shape index (κ1) is 32.8. The van der Waals surface area contributed by atoms with Crippen molar-refractivity contribution < 1.29 is 0 Å². The summed E-state index contributed by atoms with van der Waals surface area (Å²) in [4.78, 5) is 2.36. The number of thiophene rings is 1. The molecular formula is C54H35N3S. The van der Waals surface area contributed by atoms with Gasteiger partial charge in [-0.05, 0) is 102 Å². The third-order valence-electron chi connectivity index (χ3n) is 11.7. The van der Waals surface area contributed by atoms with E-state index >= 15 is 0 Å². The van der Waals surface area contributed by atoms with Crippen molar-refractivity contribution in [2.75, 3.05) is 4.90 Å². The number of para-hydroxylation sites is 4. The van der Waals surface area contributed by atoms with E-state index in [4.69, 9.17) is 0 Å². The summed E-state index contributed by atoms with van der Waals surface area (Å²) >= 11 is 1.88.